The minimum Gasteiger partial charge on any atom is -0.367 e. The fourth-order valence-corrected chi connectivity index (χ4v) is 4.70. The fourth-order valence-electron chi connectivity index (χ4n) is 4.57. The summed E-state index contributed by atoms with van der Waals surface area (Å²) in [5.41, 5.74) is 4.92. The number of hydrogen-bond donors (Lipinski definition) is 2. The molecule has 4 rings (SSSR count). The minimum atomic E-state index is 0.546. The summed E-state index contributed by atoms with van der Waals surface area (Å²) in [6, 6.07) is 27.4. The van der Waals surface area contributed by atoms with Crippen molar-refractivity contribution in [1.29, 1.82) is 0 Å². The predicted octanol–water partition coefficient (Wildman–Crippen LogP) is 4.67. The Morgan fingerprint density at radius 3 is 2.41 bits per heavy atom. The smallest absolute Gasteiger partial charge is 0.207 e. The monoisotopic (exact) mass is 447 g/mol. The average molecular weight is 448 g/mol. The highest BCUT2D eigenvalue weighted by molar-refractivity contribution is 6.30. The first-order valence-corrected chi connectivity index (χ1v) is 11.6. The molecule has 0 aromatic heterocycles. The Morgan fingerprint density at radius 2 is 1.62 bits per heavy atom. The second-order valence-corrected chi connectivity index (χ2v) is 8.98. The van der Waals surface area contributed by atoms with Gasteiger partial charge < -0.3 is 15.5 Å². The number of carbonyl (C=O) groups excluding carboxylic acids is 1. The zero-order chi connectivity index (χ0) is 22.2. The molecule has 0 bridgehead atoms. The Balaban J connectivity index is 1.52. The summed E-state index contributed by atoms with van der Waals surface area (Å²) in [7, 11) is 0. The van der Waals surface area contributed by atoms with Crippen LogP contribution in [0.1, 0.15) is 16.7 Å². The van der Waals surface area contributed by atoms with Crippen molar-refractivity contribution in [2.24, 2.45) is 11.8 Å². The molecule has 3 aromatic rings. The van der Waals surface area contributed by atoms with Crippen LogP contribution >= 0.6 is 11.6 Å². The first-order chi connectivity index (χ1) is 15.7. The maximum atomic E-state index is 10.7. The minimum absolute atomic E-state index is 0.546. The van der Waals surface area contributed by atoms with E-state index in [0.717, 1.165) is 49.6 Å². The summed E-state index contributed by atoms with van der Waals surface area (Å²) < 4.78 is 0. The average Bonchev–Trinajstić information content (AvgIpc) is 3.25. The summed E-state index contributed by atoms with van der Waals surface area (Å²) in [4.78, 5) is 13.1. The van der Waals surface area contributed by atoms with Crippen LogP contribution in [0.15, 0.2) is 78.9 Å². The van der Waals surface area contributed by atoms with Crippen LogP contribution in [0.25, 0.3) is 0 Å². The van der Waals surface area contributed by atoms with Crippen molar-refractivity contribution in [2.45, 2.75) is 19.5 Å². The highest BCUT2D eigenvalue weighted by Gasteiger charge is 2.29. The van der Waals surface area contributed by atoms with Gasteiger partial charge in [-0.05, 0) is 72.3 Å². The zero-order valence-corrected chi connectivity index (χ0v) is 19.0. The molecule has 1 saturated heterocycles. The Hall–Kier alpha value is -2.82. The molecule has 2 N–H and O–H groups in total. The third kappa shape index (κ3) is 6.12. The Kier molecular flexibility index (Phi) is 7.81. The number of benzene rings is 3. The SMILES string of the molecule is O=CNCc1cccc(CN(CC2CNCC2Cc2ccccc2)c2ccc(Cl)cc2)c1. The standard InChI is InChI=1S/C27H30ClN3O/c28-26-9-11-27(12-10-26)31(18-23-8-4-7-22(13-23)15-30-20-32)19-25-17-29-16-24(25)14-21-5-2-1-3-6-21/h1-13,20,24-25,29H,14-19H2,(H,30,32). The molecule has 0 spiro atoms. The normalized spacial score (nSPS) is 17.8. The van der Waals surface area contributed by atoms with E-state index in [9.17, 15) is 4.79 Å². The van der Waals surface area contributed by atoms with Gasteiger partial charge in [0.15, 0.2) is 0 Å². The second kappa shape index (κ2) is 11.2. The molecule has 0 radical (unpaired) electrons. The Labute approximate surface area is 195 Å². The first kappa shape index (κ1) is 22.4. The third-order valence-corrected chi connectivity index (χ3v) is 6.47. The van der Waals surface area contributed by atoms with Crippen molar-refractivity contribution in [2.75, 3.05) is 24.5 Å². The number of hydrogen-bond acceptors (Lipinski definition) is 3. The van der Waals surface area contributed by atoms with E-state index < -0.39 is 0 Å². The van der Waals surface area contributed by atoms with Crippen molar-refractivity contribution >= 4 is 23.7 Å². The predicted molar refractivity (Wildman–Crippen MR) is 132 cm³/mol. The molecule has 1 aliphatic heterocycles. The largest absolute Gasteiger partial charge is 0.367 e. The molecule has 1 fully saturated rings. The first-order valence-electron chi connectivity index (χ1n) is 11.2. The van der Waals surface area contributed by atoms with Gasteiger partial charge >= 0.3 is 0 Å². The number of nitrogens with one attached hydrogen (secondary N) is 2. The fraction of sp³-hybridized carbons (Fsp3) is 0.296. The van der Waals surface area contributed by atoms with E-state index in [0.29, 0.717) is 18.4 Å². The van der Waals surface area contributed by atoms with Gasteiger partial charge in [0.2, 0.25) is 6.41 Å². The molecule has 1 heterocycles. The van der Waals surface area contributed by atoms with Gasteiger partial charge in [0.05, 0.1) is 0 Å². The van der Waals surface area contributed by atoms with Crippen LogP contribution in [-0.4, -0.2) is 26.0 Å². The summed E-state index contributed by atoms with van der Waals surface area (Å²) in [6.07, 6.45) is 1.84. The van der Waals surface area contributed by atoms with E-state index in [1.165, 1.54) is 16.8 Å². The lowest BCUT2D eigenvalue weighted by Gasteiger charge is -2.30. The van der Waals surface area contributed by atoms with Crippen LogP contribution in [0.3, 0.4) is 0 Å². The third-order valence-electron chi connectivity index (χ3n) is 6.22. The number of rotatable bonds is 10. The summed E-state index contributed by atoms with van der Waals surface area (Å²) in [5.74, 6) is 1.17. The number of amides is 1. The van der Waals surface area contributed by atoms with Gasteiger partial charge in [-0.15, -0.1) is 0 Å². The summed E-state index contributed by atoms with van der Waals surface area (Å²) in [5, 5.41) is 7.12. The molecule has 0 aliphatic carbocycles. The van der Waals surface area contributed by atoms with Crippen molar-refractivity contribution < 1.29 is 4.79 Å². The van der Waals surface area contributed by atoms with E-state index in [2.05, 4.69) is 76.2 Å². The van der Waals surface area contributed by atoms with E-state index >= 15 is 0 Å². The summed E-state index contributed by atoms with van der Waals surface area (Å²) >= 11 is 6.17. The van der Waals surface area contributed by atoms with Crippen molar-refractivity contribution in [1.82, 2.24) is 10.6 Å². The van der Waals surface area contributed by atoms with E-state index in [4.69, 9.17) is 11.6 Å². The quantitative estimate of drug-likeness (QED) is 0.444. The van der Waals surface area contributed by atoms with Gasteiger partial charge in [-0.1, -0.05) is 66.2 Å². The van der Waals surface area contributed by atoms with Crippen LogP contribution in [-0.2, 0) is 24.3 Å². The van der Waals surface area contributed by atoms with E-state index in [-0.39, 0.29) is 0 Å². The highest BCUT2D eigenvalue weighted by atomic mass is 35.5. The molecular formula is C27H30ClN3O. The molecule has 4 nitrogen and oxygen atoms in total. The lowest BCUT2D eigenvalue weighted by Crippen LogP contribution is -2.33. The van der Waals surface area contributed by atoms with Crippen LogP contribution < -0.4 is 15.5 Å². The number of anilines is 1. The molecule has 2 unspecified atom stereocenters. The van der Waals surface area contributed by atoms with Crippen LogP contribution in [0.5, 0.6) is 0 Å². The van der Waals surface area contributed by atoms with Gasteiger partial charge in [0.25, 0.3) is 0 Å². The second-order valence-electron chi connectivity index (χ2n) is 8.54. The summed E-state index contributed by atoms with van der Waals surface area (Å²) in [6.45, 7) is 4.42. The van der Waals surface area contributed by atoms with Crippen molar-refractivity contribution in [3.8, 4) is 0 Å². The van der Waals surface area contributed by atoms with Crippen molar-refractivity contribution in [3.05, 3.63) is 101 Å². The maximum absolute atomic E-state index is 10.7. The molecule has 0 saturated carbocycles. The lowest BCUT2D eigenvalue weighted by molar-refractivity contribution is -0.109. The lowest BCUT2D eigenvalue weighted by atomic mass is 9.89. The highest BCUT2D eigenvalue weighted by Crippen LogP contribution is 2.27. The van der Waals surface area contributed by atoms with Gasteiger partial charge in [0.1, 0.15) is 0 Å². The Morgan fingerprint density at radius 1 is 0.906 bits per heavy atom. The van der Waals surface area contributed by atoms with Gasteiger partial charge in [0, 0.05) is 30.3 Å². The van der Waals surface area contributed by atoms with E-state index in [1.54, 1.807) is 0 Å². The maximum Gasteiger partial charge on any atom is 0.207 e. The number of nitrogens with zero attached hydrogens (tertiary/aromatic N) is 1. The van der Waals surface area contributed by atoms with Crippen molar-refractivity contribution in [3.63, 3.8) is 0 Å². The molecule has 2 atom stereocenters. The zero-order valence-electron chi connectivity index (χ0n) is 18.2. The molecule has 32 heavy (non-hydrogen) atoms. The molecule has 166 valence electrons. The Bertz CT molecular complexity index is 993. The van der Waals surface area contributed by atoms with Crippen LogP contribution in [0, 0.1) is 11.8 Å². The molecule has 5 heteroatoms. The van der Waals surface area contributed by atoms with Gasteiger partial charge in [-0.2, -0.15) is 0 Å². The molecule has 1 amide bonds. The topological polar surface area (TPSA) is 44.4 Å². The molecular weight excluding hydrogens is 418 g/mol. The molecule has 3 aromatic carbocycles. The van der Waals surface area contributed by atoms with Crippen LogP contribution in [0.4, 0.5) is 5.69 Å². The van der Waals surface area contributed by atoms with Crippen LogP contribution in [0.2, 0.25) is 5.02 Å². The van der Waals surface area contributed by atoms with Gasteiger partial charge in [-0.25, -0.2) is 0 Å². The number of halogens is 1. The number of carbonyl (C=O) groups is 1. The van der Waals surface area contributed by atoms with E-state index in [1.807, 2.05) is 18.2 Å². The van der Waals surface area contributed by atoms with Gasteiger partial charge in [-0.3, -0.25) is 4.79 Å². The molecule has 1 aliphatic rings.